The lowest BCUT2D eigenvalue weighted by atomic mass is 9.94. The van der Waals surface area contributed by atoms with Crippen LogP contribution in [-0.4, -0.2) is 40.2 Å². The Labute approximate surface area is 292 Å². The molecule has 1 amide bonds. The maximum absolute atomic E-state index is 13.9. The van der Waals surface area contributed by atoms with Gasteiger partial charge < -0.3 is 19.3 Å². The number of aryl methyl sites for hydroxylation is 1. The highest BCUT2D eigenvalue weighted by Gasteiger charge is 2.48. The molecule has 2 aliphatic rings. The maximum Gasteiger partial charge on any atom is 0.301 e. The number of carbonyl (C=O) groups is 2. The topological polar surface area (TPSA) is 111 Å². The zero-order valence-corrected chi connectivity index (χ0v) is 28.7. The molecule has 0 aliphatic carbocycles. The van der Waals surface area contributed by atoms with Gasteiger partial charge in [-0.1, -0.05) is 89.3 Å². The number of hydrogen-bond donors (Lipinski definition) is 1. The van der Waals surface area contributed by atoms with Crippen LogP contribution in [0.15, 0.2) is 101 Å². The largest absolute Gasteiger partial charge is 0.507 e. The number of anilines is 1. The Morgan fingerprint density at radius 3 is 2.55 bits per heavy atom. The van der Waals surface area contributed by atoms with E-state index in [1.807, 2.05) is 50.2 Å². The number of ether oxygens (including phenoxy) is 3. The van der Waals surface area contributed by atoms with E-state index in [9.17, 15) is 14.7 Å². The fourth-order valence-electron chi connectivity index (χ4n) is 5.97. The Morgan fingerprint density at radius 1 is 0.980 bits per heavy atom. The standard InChI is InChI=1S/C38H33N3O6S2/c1-22-9-11-25(12-10-22)21-48-38-40-39-37(49-38)41-33(26-13-16-30(31(19-26)45-3)46-20-24-7-5-4-6-8-24)32(35(43)36(41)44)34(42)27-14-15-29-28(18-27)17-23(2)47-29/h4-16,18-19,23,33,42H,17,20-21H2,1-3H3/b34-32+. The first-order valence-electron chi connectivity index (χ1n) is 15.8. The van der Waals surface area contributed by atoms with Gasteiger partial charge in [0.15, 0.2) is 15.8 Å². The highest BCUT2D eigenvalue weighted by atomic mass is 32.2. The van der Waals surface area contributed by atoms with Crippen LogP contribution in [0.4, 0.5) is 5.13 Å². The average Bonchev–Trinajstić information content (AvgIpc) is 3.81. The molecule has 3 heterocycles. The maximum atomic E-state index is 13.9. The fraction of sp³-hybridized carbons (Fsp3) is 0.211. The summed E-state index contributed by atoms with van der Waals surface area (Å²) in [5, 5.41) is 20.7. The number of carbonyl (C=O) groups excluding carboxylic acids is 2. The van der Waals surface area contributed by atoms with E-state index < -0.39 is 17.7 Å². The second kappa shape index (κ2) is 13.8. The van der Waals surface area contributed by atoms with Crippen molar-refractivity contribution in [1.29, 1.82) is 0 Å². The lowest BCUT2D eigenvalue weighted by Crippen LogP contribution is -2.29. The highest BCUT2D eigenvalue weighted by molar-refractivity contribution is 8.00. The molecule has 2 aliphatic heterocycles. The summed E-state index contributed by atoms with van der Waals surface area (Å²) in [5.41, 5.74) is 5.11. The smallest absolute Gasteiger partial charge is 0.301 e. The number of methoxy groups -OCH3 is 1. The molecule has 11 heteroatoms. The number of rotatable bonds is 10. The summed E-state index contributed by atoms with van der Waals surface area (Å²) in [6.07, 6.45) is 0.674. The number of ketones is 1. The monoisotopic (exact) mass is 691 g/mol. The van der Waals surface area contributed by atoms with Crippen molar-refractivity contribution in [3.05, 3.63) is 130 Å². The van der Waals surface area contributed by atoms with Crippen LogP contribution < -0.4 is 19.1 Å². The van der Waals surface area contributed by atoms with E-state index in [2.05, 4.69) is 34.5 Å². The minimum absolute atomic E-state index is 0.00328. The minimum atomic E-state index is -1.01. The van der Waals surface area contributed by atoms with Crippen LogP contribution in [0.3, 0.4) is 0 Å². The minimum Gasteiger partial charge on any atom is -0.507 e. The third-order valence-electron chi connectivity index (χ3n) is 8.44. The lowest BCUT2D eigenvalue weighted by molar-refractivity contribution is -0.132. The van der Waals surface area contributed by atoms with E-state index in [-0.39, 0.29) is 22.6 Å². The molecule has 248 valence electrons. The summed E-state index contributed by atoms with van der Waals surface area (Å²) in [6, 6.07) is 27.5. The van der Waals surface area contributed by atoms with Crippen molar-refractivity contribution in [1.82, 2.24) is 10.2 Å². The van der Waals surface area contributed by atoms with Gasteiger partial charge >= 0.3 is 5.91 Å². The molecule has 7 rings (SSSR count). The molecular formula is C38H33N3O6S2. The van der Waals surface area contributed by atoms with Crippen molar-refractivity contribution < 1.29 is 28.9 Å². The molecule has 9 nitrogen and oxygen atoms in total. The van der Waals surface area contributed by atoms with Gasteiger partial charge in [0.25, 0.3) is 5.78 Å². The van der Waals surface area contributed by atoms with Crippen molar-refractivity contribution in [2.45, 2.75) is 49.1 Å². The molecule has 2 atom stereocenters. The van der Waals surface area contributed by atoms with Gasteiger partial charge in [-0.25, -0.2) is 0 Å². The van der Waals surface area contributed by atoms with Crippen LogP contribution in [0.1, 0.15) is 46.3 Å². The number of Topliss-reactive ketones (excluding diaryl/α,β-unsaturated/α-hetero) is 1. The number of fused-ring (bicyclic) bond motifs is 1. The van der Waals surface area contributed by atoms with Crippen molar-refractivity contribution >= 4 is 45.7 Å². The van der Waals surface area contributed by atoms with Gasteiger partial charge in [0.1, 0.15) is 24.2 Å². The normalized spacial score (nSPS) is 18.0. The van der Waals surface area contributed by atoms with E-state index in [1.165, 1.54) is 40.7 Å². The zero-order chi connectivity index (χ0) is 34.1. The Kier molecular flexibility index (Phi) is 9.11. The predicted octanol–water partition coefficient (Wildman–Crippen LogP) is 7.68. The number of thioether (sulfide) groups is 1. The van der Waals surface area contributed by atoms with Gasteiger partial charge in [-0.2, -0.15) is 0 Å². The summed E-state index contributed by atoms with van der Waals surface area (Å²) in [5.74, 6) is 0.398. The molecule has 1 aromatic heterocycles. The van der Waals surface area contributed by atoms with Crippen molar-refractivity contribution in [2.75, 3.05) is 12.0 Å². The molecule has 49 heavy (non-hydrogen) atoms. The molecule has 5 aromatic rings. The second-order valence-corrected chi connectivity index (χ2v) is 14.1. The first kappa shape index (κ1) is 32.4. The first-order chi connectivity index (χ1) is 23.8. The Bertz CT molecular complexity index is 2060. The molecule has 0 radical (unpaired) electrons. The van der Waals surface area contributed by atoms with Crippen LogP contribution in [-0.2, 0) is 28.4 Å². The lowest BCUT2D eigenvalue weighted by Gasteiger charge is -2.23. The fourth-order valence-corrected chi connectivity index (χ4v) is 7.79. The highest BCUT2D eigenvalue weighted by Crippen LogP contribution is 2.46. The summed E-state index contributed by atoms with van der Waals surface area (Å²) >= 11 is 2.72. The van der Waals surface area contributed by atoms with Crippen LogP contribution in [0, 0.1) is 6.92 Å². The van der Waals surface area contributed by atoms with Gasteiger partial charge in [-0.05, 0) is 66.4 Å². The number of aliphatic hydroxyl groups is 1. The second-order valence-electron chi connectivity index (χ2n) is 11.9. The SMILES string of the molecule is COc1cc(C2/C(=C(\O)c3ccc4c(c3)CC(C)O4)C(=O)C(=O)N2c2nnc(SCc3ccc(C)cc3)s2)ccc1OCc1ccccc1. The van der Waals surface area contributed by atoms with E-state index in [0.717, 1.165) is 22.4 Å². The van der Waals surface area contributed by atoms with Crippen molar-refractivity contribution in [3.63, 3.8) is 0 Å². The van der Waals surface area contributed by atoms with E-state index in [1.54, 1.807) is 30.3 Å². The van der Waals surface area contributed by atoms with Crippen LogP contribution in [0.25, 0.3) is 5.76 Å². The third-order valence-corrected chi connectivity index (χ3v) is 10.6. The Hall–Kier alpha value is -5.13. The quantitative estimate of drug-likeness (QED) is 0.0519. The van der Waals surface area contributed by atoms with Crippen molar-refractivity contribution in [3.8, 4) is 17.2 Å². The number of benzene rings is 4. The molecule has 1 saturated heterocycles. The molecule has 1 fully saturated rings. The zero-order valence-electron chi connectivity index (χ0n) is 27.1. The molecule has 2 unspecified atom stereocenters. The molecule has 0 bridgehead atoms. The van der Waals surface area contributed by atoms with Crippen LogP contribution >= 0.6 is 23.1 Å². The molecule has 1 N–H and O–H groups in total. The molecule has 0 spiro atoms. The first-order valence-corrected chi connectivity index (χ1v) is 17.6. The average molecular weight is 692 g/mol. The Balaban J connectivity index is 1.26. The summed E-state index contributed by atoms with van der Waals surface area (Å²) in [4.78, 5) is 29.0. The number of hydrogen-bond acceptors (Lipinski definition) is 10. The predicted molar refractivity (Wildman–Crippen MR) is 189 cm³/mol. The number of amides is 1. The number of aliphatic hydroxyl groups excluding tert-OH is 1. The molecule has 4 aromatic carbocycles. The summed E-state index contributed by atoms with van der Waals surface area (Å²) < 4.78 is 18.3. The summed E-state index contributed by atoms with van der Waals surface area (Å²) in [7, 11) is 1.53. The third kappa shape index (κ3) is 6.64. The summed E-state index contributed by atoms with van der Waals surface area (Å²) in [6.45, 7) is 4.34. The molecule has 0 saturated carbocycles. The van der Waals surface area contributed by atoms with E-state index >= 15 is 0 Å². The van der Waals surface area contributed by atoms with Crippen LogP contribution in [0.5, 0.6) is 17.2 Å². The van der Waals surface area contributed by atoms with E-state index in [4.69, 9.17) is 14.2 Å². The molecular weight excluding hydrogens is 659 g/mol. The van der Waals surface area contributed by atoms with Gasteiger partial charge in [0.2, 0.25) is 5.13 Å². The van der Waals surface area contributed by atoms with Gasteiger partial charge in [0, 0.05) is 17.7 Å². The number of aromatic nitrogens is 2. The van der Waals surface area contributed by atoms with Crippen LogP contribution in [0.2, 0.25) is 0 Å². The number of nitrogens with zero attached hydrogens (tertiary/aromatic N) is 3. The van der Waals surface area contributed by atoms with Gasteiger partial charge in [-0.15, -0.1) is 10.2 Å². The van der Waals surface area contributed by atoms with Crippen molar-refractivity contribution in [2.24, 2.45) is 0 Å². The van der Waals surface area contributed by atoms with Gasteiger partial charge in [-0.3, -0.25) is 14.5 Å². The Morgan fingerprint density at radius 2 is 1.78 bits per heavy atom. The van der Waals surface area contributed by atoms with Gasteiger partial charge in [0.05, 0.1) is 18.7 Å². The van der Waals surface area contributed by atoms with E-state index in [0.29, 0.717) is 45.7 Å².